The Balaban J connectivity index is 2.64. The van der Waals surface area contributed by atoms with E-state index in [1.807, 2.05) is 19.2 Å². The average Bonchev–Trinajstić information content (AvgIpc) is 2.37. The Morgan fingerprint density at radius 2 is 2.11 bits per heavy atom. The van der Waals surface area contributed by atoms with Crippen molar-refractivity contribution in [3.05, 3.63) is 38.7 Å². The standard InChI is InChI=1S/C14H18BrN3O/c1-4-6-17(5-2)12-8-13(19)18-9-10(3)7-11(15)14(18)16-12/h7-9H,4-6H2,1-3H3. The van der Waals surface area contributed by atoms with Crippen LogP contribution in [0.3, 0.4) is 0 Å². The van der Waals surface area contributed by atoms with E-state index >= 15 is 0 Å². The molecule has 2 aromatic heterocycles. The zero-order chi connectivity index (χ0) is 14.0. The molecule has 0 unspecified atom stereocenters. The quantitative estimate of drug-likeness (QED) is 0.868. The number of pyridine rings is 1. The second-order valence-electron chi connectivity index (χ2n) is 4.59. The zero-order valence-electron chi connectivity index (χ0n) is 11.5. The summed E-state index contributed by atoms with van der Waals surface area (Å²) >= 11 is 3.49. The van der Waals surface area contributed by atoms with Crippen molar-refractivity contribution in [3.8, 4) is 0 Å². The molecule has 5 heteroatoms. The molecule has 0 aromatic carbocycles. The van der Waals surface area contributed by atoms with Crippen molar-refractivity contribution in [1.29, 1.82) is 0 Å². The van der Waals surface area contributed by atoms with Crippen LogP contribution < -0.4 is 10.5 Å². The van der Waals surface area contributed by atoms with Crippen molar-refractivity contribution in [2.45, 2.75) is 27.2 Å². The predicted octanol–water partition coefficient (Wildman–Crippen LogP) is 3.00. The second-order valence-corrected chi connectivity index (χ2v) is 5.45. The molecule has 0 fully saturated rings. The molecular weight excluding hydrogens is 306 g/mol. The molecular formula is C14H18BrN3O. The van der Waals surface area contributed by atoms with Crippen molar-refractivity contribution < 1.29 is 0 Å². The highest BCUT2D eigenvalue weighted by Crippen LogP contribution is 2.19. The highest BCUT2D eigenvalue weighted by molar-refractivity contribution is 9.10. The van der Waals surface area contributed by atoms with Gasteiger partial charge in [-0.25, -0.2) is 4.98 Å². The van der Waals surface area contributed by atoms with Gasteiger partial charge in [0.2, 0.25) is 0 Å². The zero-order valence-corrected chi connectivity index (χ0v) is 13.1. The van der Waals surface area contributed by atoms with Gasteiger partial charge in [0, 0.05) is 25.4 Å². The van der Waals surface area contributed by atoms with Gasteiger partial charge in [0.05, 0.1) is 4.47 Å². The number of rotatable bonds is 4. The molecule has 0 aliphatic carbocycles. The van der Waals surface area contributed by atoms with E-state index in [2.05, 4.69) is 39.7 Å². The fraction of sp³-hybridized carbons (Fsp3) is 0.429. The summed E-state index contributed by atoms with van der Waals surface area (Å²) in [6.45, 7) is 7.90. The molecule has 2 rings (SSSR count). The van der Waals surface area contributed by atoms with Crippen LogP contribution in [0, 0.1) is 6.92 Å². The number of hydrogen-bond acceptors (Lipinski definition) is 3. The summed E-state index contributed by atoms with van der Waals surface area (Å²) in [6.07, 6.45) is 2.85. The lowest BCUT2D eigenvalue weighted by atomic mass is 10.3. The molecule has 0 radical (unpaired) electrons. The van der Waals surface area contributed by atoms with Gasteiger partial charge in [-0.15, -0.1) is 0 Å². The molecule has 2 heterocycles. The summed E-state index contributed by atoms with van der Waals surface area (Å²) in [6, 6.07) is 3.58. The fourth-order valence-electron chi connectivity index (χ4n) is 2.14. The van der Waals surface area contributed by atoms with Gasteiger partial charge in [-0.05, 0) is 47.8 Å². The van der Waals surface area contributed by atoms with Gasteiger partial charge < -0.3 is 4.90 Å². The van der Waals surface area contributed by atoms with E-state index in [0.29, 0.717) is 5.65 Å². The Hall–Kier alpha value is -1.36. The normalized spacial score (nSPS) is 10.9. The first-order valence-corrected chi connectivity index (χ1v) is 7.30. The second kappa shape index (κ2) is 5.74. The highest BCUT2D eigenvalue weighted by Gasteiger charge is 2.10. The van der Waals surface area contributed by atoms with Gasteiger partial charge in [-0.2, -0.15) is 0 Å². The fourth-order valence-corrected chi connectivity index (χ4v) is 2.78. The Kier molecular flexibility index (Phi) is 4.24. The first-order chi connectivity index (χ1) is 9.06. The maximum absolute atomic E-state index is 12.2. The summed E-state index contributed by atoms with van der Waals surface area (Å²) < 4.78 is 2.43. The Bertz CT molecular complexity index is 651. The molecule has 0 N–H and O–H groups in total. The van der Waals surface area contributed by atoms with Gasteiger partial charge >= 0.3 is 0 Å². The van der Waals surface area contributed by atoms with Gasteiger partial charge in [0.1, 0.15) is 5.82 Å². The van der Waals surface area contributed by atoms with E-state index < -0.39 is 0 Å². The molecule has 0 spiro atoms. The summed E-state index contributed by atoms with van der Waals surface area (Å²) in [4.78, 5) is 18.9. The summed E-state index contributed by atoms with van der Waals surface area (Å²) in [5.74, 6) is 0.749. The highest BCUT2D eigenvalue weighted by atomic mass is 79.9. The van der Waals surface area contributed by atoms with Crippen molar-refractivity contribution >= 4 is 27.4 Å². The summed E-state index contributed by atoms with van der Waals surface area (Å²) in [7, 11) is 0. The monoisotopic (exact) mass is 323 g/mol. The Morgan fingerprint density at radius 3 is 2.74 bits per heavy atom. The largest absolute Gasteiger partial charge is 0.357 e. The minimum atomic E-state index is -0.0426. The summed E-state index contributed by atoms with van der Waals surface area (Å²) in [5, 5.41) is 0. The Labute approximate surface area is 121 Å². The van der Waals surface area contributed by atoms with Gasteiger partial charge in [-0.3, -0.25) is 9.20 Å². The van der Waals surface area contributed by atoms with Crippen LogP contribution in [-0.4, -0.2) is 22.5 Å². The number of fused-ring (bicyclic) bond motifs is 1. The lowest BCUT2D eigenvalue weighted by molar-refractivity contribution is 0.775. The molecule has 0 bridgehead atoms. The number of halogens is 1. The SMILES string of the molecule is CCCN(CC)c1cc(=O)n2cc(C)cc(Br)c2n1. The topological polar surface area (TPSA) is 37.6 Å². The van der Waals surface area contributed by atoms with Crippen molar-refractivity contribution in [3.63, 3.8) is 0 Å². The molecule has 0 saturated carbocycles. The average molecular weight is 324 g/mol. The molecule has 0 saturated heterocycles. The molecule has 0 aliphatic rings. The van der Waals surface area contributed by atoms with Crippen LogP contribution in [0.4, 0.5) is 5.82 Å². The van der Waals surface area contributed by atoms with E-state index in [1.165, 1.54) is 0 Å². The molecule has 0 aliphatic heterocycles. The smallest absolute Gasteiger partial charge is 0.259 e. The van der Waals surface area contributed by atoms with Crippen molar-refractivity contribution in [2.24, 2.45) is 0 Å². The Morgan fingerprint density at radius 1 is 1.37 bits per heavy atom. The predicted molar refractivity (Wildman–Crippen MR) is 82.1 cm³/mol. The minimum absolute atomic E-state index is 0.0426. The third-order valence-corrected chi connectivity index (χ3v) is 3.62. The van der Waals surface area contributed by atoms with Gasteiger partial charge in [0.25, 0.3) is 5.56 Å². The molecule has 4 nitrogen and oxygen atoms in total. The van der Waals surface area contributed by atoms with E-state index in [-0.39, 0.29) is 5.56 Å². The summed E-state index contributed by atoms with van der Waals surface area (Å²) in [5.41, 5.74) is 1.65. The van der Waals surface area contributed by atoms with E-state index in [9.17, 15) is 4.79 Å². The first-order valence-electron chi connectivity index (χ1n) is 6.51. The van der Waals surface area contributed by atoms with E-state index in [4.69, 9.17) is 0 Å². The van der Waals surface area contributed by atoms with Crippen LogP contribution in [0.1, 0.15) is 25.8 Å². The third kappa shape index (κ3) is 2.81. The van der Waals surface area contributed by atoms with Crippen LogP contribution in [0.15, 0.2) is 27.6 Å². The lowest BCUT2D eigenvalue weighted by Crippen LogP contribution is -2.27. The number of aromatic nitrogens is 2. The molecule has 102 valence electrons. The van der Waals surface area contributed by atoms with Crippen LogP contribution in [0.25, 0.3) is 5.65 Å². The lowest BCUT2D eigenvalue weighted by Gasteiger charge is -2.21. The van der Waals surface area contributed by atoms with E-state index in [0.717, 1.165) is 35.4 Å². The number of aryl methyl sites for hydroxylation is 1. The van der Waals surface area contributed by atoms with E-state index in [1.54, 1.807) is 10.5 Å². The minimum Gasteiger partial charge on any atom is -0.357 e. The van der Waals surface area contributed by atoms with Crippen molar-refractivity contribution in [1.82, 2.24) is 9.38 Å². The molecule has 19 heavy (non-hydrogen) atoms. The third-order valence-electron chi connectivity index (χ3n) is 3.04. The number of nitrogens with zero attached hydrogens (tertiary/aromatic N) is 3. The molecule has 2 aromatic rings. The van der Waals surface area contributed by atoms with Crippen LogP contribution in [-0.2, 0) is 0 Å². The van der Waals surface area contributed by atoms with Gasteiger partial charge in [-0.1, -0.05) is 6.92 Å². The maximum Gasteiger partial charge on any atom is 0.259 e. The van der Waals surface area contributed by atoms with Gasteiger partial charge in [0.15, 0.2) is 5.65 Å². The van der Waals surface area contributed by atoms with Crippen LogP contribution in [0.5, 0.6) is 0 Å². The van der Waals surface area contributed by atoms with Crippen LogP contribution in [0.2, 0.25) is 0 Å². The van der Waals surface area contributed by atoms with Crippen LogP contribution >= 0.6 is 15.9 Å². The first kappa shape index (κ1) is 14.1. The molecule has 0 amide bonds. The maximum atomic E-state index is 12.2. The number of hydrogen-bond donors (Lipinski definition) is 0. The number of anilines is 1. The molecule has 0 atom stereocenters. The van der Waals surface area contributed by atoms with Crippen molar-refractivity contribution in [2.75, 3.05) is 18.0 Å².